The first-order chi connectivity index (χ1) is 12.6. The average Bonchev–Trinajstić information content (AvgIpc) is 2.97. The van der Waals surface area contributed by atoms with Gasteiger partial charge >= 0.3 is 0 Å². The monoisotopic (exact) mass is 386 g/mol. The SMILES string of the molecule is COc1ccc(CC(=O)N=c2sc3ccccc3n2CCSC)cc1C. The Bertz CT molecular complexity index is 989. The lowest BCUT2D eigenvalue weighted by Gasteiger charge is -2.06. The summed E-state index contributed by atoms with van der Waals surface area (Å²) in [5.74, 6) is 1.69. The molecule has 1 aromatic heterocycles. The standard InChI is InChI=1S/C20H22N2O2S2/c1-14-12-15(8-9-17(14)24-2)13-19(23)21-20-22(10-11-25-3)16-6-4-5-7-18(16)26-20/h4-9,12H,10-11,13H2,1-3H3. The van der Waals surface area contributed by atoms with Crippen molar-refractivity contribution in [3.63, 3.8) is 0 Å². The molecule has 0 unspecified atom stereocenters. The zero-order chi connectivity index (χ0) is 18.5. The topological polar surface area (TPSA) is 43.6 Å². The van der Waals surface area contributed by atoms with Gasteiger partial charge < -0.3 is 9.30 Å². The summed E-state index contributed by atoms with van der Waals surface area (Å²) in [4.78, 5) is 17.7. The van der Waals surface area contributed by atoms with Crippen molar-refractivity contribution in [3.8, 4) is 5.75 Å². The number of aryl methyl sites for hydroxylation is 2. The molecule has 136 valence electrons. The molecule has 6 heteroatoms. The van der Waals surface area contributed by atoms with E-state index in [0.717, 1.165) is 44.2 Å². The van der Waals surface area contributed by atoms with Crippen LogP contribution in [-0.2, 0) is 17.8 Å². The highest BCUT2D eigenvalue weighted by Gasteiger charge is 2.09. The molecule has 0 saturated carbocycles. The Kier molecular flexibility index (Phi) is 6.16. The summed E-state index contributed by atoms with van der Waals surface area (Å²) in [6.07, 6.45) is 2.38. The van der Waals surface area contributed by atoms with Gasteiger partial charge in [-0.15, -0.1) is 0 Å². The van der Waals surface area contributed by atoms with Crippen molar-refractivity contribution in [1.29, 1.82) is 0 Å². The Labute approximate surface area is 161 Å². The molecule has 0 fully saturated rings. The van der Waals surface area contributed by atoms with E-state index in [4.69, 9.17) is 4.74 Å². The third-order valence-corrected chi connectivity index (χ3v) is 5.79. The van der Waals surface area contributed by atoms with Gasteiger partial charge in [-0.25, -0.2) is 0 Å². The van der Waals surface area contributed by atoms with E-state index in [0.29, 0.717) is 6.42 Å². The minimum atomic E-state index is -0.126. The van der Waals surface area contributed by atoms with Crippen molar-refractivity contribution in [2.75, 3.05) is 19.1 Å². The van der Waals surface area contributed by atoms with Crippen molar-refractivity contribution in [3.05, 3.63) is 58.4 Å². The number of fused-ring (bicyclic) bond motifs is 1. The molecule has 3 aromatic rings. The molecular weight excluding hydrogens is 364 g/mol. The van der Waals surface area contributed by atoms with Gasteiger partial charge in [-0.2, -0.15) is 16.8 Å². The highest BCUT2D eigenvalue weighted by atomic mass is 32.2. The van der Waals surface area contributed by atoms with E-state index in [1.165, 1.54) is 0 Å². The van der Waals surface area contributed by atoms with Gasteiger partial charge in [0.1, 0.15) is 5.75 Å². The molecular formula is C20H22N2O2S2. The van der Waals surface area contributed by atoms with Crippen molar-refractivity contribution in [2.45, 2.75) is 19.9 Å². The summed E-state index contributed by atoms with van der Waals surface area (Å²) in [5.41, 5.74) is 3.11. The van der Waals surface area contributed by atoms with Crippen molar-refractivity contribution in [1.82, 2.24) is 4.57 Å². The number of ether oxygens (including phenoxy) is 1. The zero-order valence-corrected chi connectivity index (χ0v) is 16.8. The number of hydrogen-bond donors (Lipinski definition) is 0. The van der Waals surface area contributed by atoms with Crippen LogP contribution in [-0.4, -0.2) is 29.6 Å². The van der Waals surface area contributed by atoms with E-state index in [1.54, 1.807) is 30.2 Å². The average molecular weight is 387 g/mol. The molecule has 26 heavy (non-hydrogen) atoms. The second kappa shape index (κ2) is 8.56. The zero-order valence-electron chi connectivity index (χ0n) is 15.2. The van der Waals surface area contributed by atoms with Crippen LogP contribution >= 0.6 is 23.1 Å². The maximum Gasteiger partial charge on any atom is 0.252 e. The van der Waals surface area contributed by atoms with Gasteiger partial charge in [0, 0.05) is 12.3 Å². The van der Waals surface area contributed by atoms with Crippen LogP contribution in [0.3, 0.4) is 0 Å². The number of amides is 1. The fourth-order valence-electron chi connectivity index (χ4n) is 2.88. The van der Waals surface area contributed by atoms with Crippen LogP contribution in [0.15, 0.2) is 47.5 Å². The predicted molar refractivity (Wildman–Crippen MR) is 110 cm³/mol. The summed E-state index contributed by atoms with van der Waals surface area (Å²) in [7, 11) is 1.65. The lowest BCUT2D eigenvalue weighted by molar-refractivity contribution is -0.117. The molecule has 0 radical (unpaired) electrons. The Balaban J connectivity index is 1.91. The van der Waals surface area contributed by atoms with Gasteiger partial charge in [-0.1, -0.05) is 35.6 Å². The normalized spacial score (nSPS) is 11.9. The van der Waals surface area contributed by atoms with Crippen molar-refractivity contribution in [2.24, 2.45) is 4.99 Å². The predicted octanol–water partition coefficient (Wildman–Crippen LogP) is 4.05. The Hall–Kier alpha value is -2.05. The van der Waals surface area contributed by atoms with Crippen LogP contribution in [0, 0.1) is 6.92 Å². The molecule has 3 rings (SSSR count). The number of carbonyl (C=O) groups excluding carboxylic acids is 1. The lowest BCUT2D eigenvalue weighted by atomic mass is 10.1. The van der Waals surface area contributed by atoms with Crippen molar-refractivity contribution >= 4 is 39.2 Å². The quantitative estimate of drug-likeness (QED) is 0.642. The first kappa shape index (κ1) is 18.7. The second-order valence-corrected chi connectivity index (χ2v) is 7.98. The number of thiazole rings is 1. The number of aromatic nitrogens is 1. The Morgan fingerprint density at radius 2 is 2.08 bits per heavy atom. The first-order valence-electron chi connectivity index (χ1n) is 8.40. The smallest absolute Gasteiger partial charge is 0.252 e. The number of benzene rings is 2. The van der Waals surface area contributed by atoms with E-state index < -0.39 is 0 Å². The first-order valence-corrected chi connectivity index (χ1v) is 10.6. The van der Waals surface area contributed by atoms with E-state index in [1.807, 2.05) is 37.3 Å². The largest absolute Gasteiger partial charge is 0.496 e. The molecule has 0 saturated heterocycles. The van der Waals surface area contributed by atoms with Gasteiger partial charge in [-0.3, -0.25) is 4.79 Å². The van der Waals surface area contributed by atoms with Crippen LogP contribution in [0.2, 0.25) is 0 Å². The molecule has 0 aliphatic heterocycles. The minimum absolute atomic E-state index is 0.126. The summed E-state index contributed by atoms with van der Waals surface area (Å²) < 4.78 is 8.58. The summed E-state index contributed by atoms with van der Waals surface area (Å²) in [5, 5.41) is 0. The molecule has 4 nitrogen and oxygen atoms in total. The van der Waals surface area contributed by atoms with Crippen LogP contribution in [0.25, 0.3) is 10.2 Å². The van der Waals surface area contributed by atoms with Crippen molar-refractivity contribution < 1.29 is 9.53 Å². The molecule has 2 aromatic carbocycles. The number of thioether (sulfide) groups is 1. The number of methoxy groups -OCH3 is 1. The summed E-state index contributed by atoms with van der Waals surface area (Å²) in [6.45, 7) is 2.82. The van der Waals surface area contributed by atoms with Gasteiger partial charge in [0.15, 0.2) is 4.80 Å². The number of carbonyl (C=O) groups is 1. The maximum atomic E-state index is 12.5. The maximum absolute atomic E-state index is 12.5. The number of nitrogens with zero attached hydrogens (tertiary/aromatic N) is 2. The Morgan fingerprint density at radius 1 is 1.27 bits per heavy atom. The molecule has 1 heterocycles. The highest BCUT2D eigenvalue weighted by molar-refractivity contribution is 7.98. The van der Waals surface area contributed by atoms with E-state index in [-0.39, 0.29) is 5.91 Å². The summed E-state index contributed by atoms with van der Waals surface area (Å²) in [6, 6.07) is 14.0. The number of hydrogen-bond acceptors (Lipinski definition) is 4. The molecule has 0 bridgehead atoms. The fraction of sp³-hybridized carbons (Fsp3) is 0.300. The lowest BCUT2D eigenvalue weighted by Crippen LogP contribution is -2.18. The molecule has 0 spiro atoms. The number of rotatable bonds is 6. The third kappa shape index (κ3) is 4.19. The van der Waals surface area contributed by atoms with Gasteiger partial charge in [0.05, 0.1) is 23.7 Å². The third-order valence-electron chi connectivity index (χ3n) is 4.14. The molecule has 0 aliphatic rings. The molecule has 0 aliphatic carbocycles. The van der Waals surface area contributed by atoms with Crippen LogP contribution in [0.1, 0.15) is 11.1 Å². The van der Waals surface area contributed by atoms with Gasteiger partial charge in [0.25, 0.3) is 5.91 Å². The van der Waals surface area contributed by atoms with Gasteiger partial charge in [-0.05, 0) is 42.5 Å². The van der Waals surface area contributed by atoms with E-state index in [9.17, 15) is 4.79 Å². The molecule has 1 amide bonds. The van der Waals surface area contributed by atoms with Crippen LogP contribution in [0.4, 0.5) is 0 Å². The highest BCUT2D eigenvalue weighted by Crippen LogP contribution is 2.19. The van der Waals surface area contributed by atoms with Crippen LogP contribution < -0.4 is 9.54 Å². The summed E-state index contributed by atoms with van der Waals surface area (Å²) >= 11 is 3.36. The van der Waals surface area contributed by atoms with E-state index >= 15 is 0 Å². The van der Waals surface area contributed by atoms with E-state index in [2.05, 4.69) is 27.9 Å². The van der Waals surface area contributed by atoms with Crippen LogP contribution in [0.5, 0.6) is 5.75 Å². The molecule has 0 N–H and O–H groups in total. The number of para-hydroxylation sites is 1. The molecule has 0 atom stereocenters. The Morgan fingerprint density at radius 3 is 2.81 bits per heavy atom. The fourth-order valence-corrected chi connectivity index (χ4v) is 4.31. The van der Waals surface area contributed by atoms with Gasteiger partial charge in [0.2, 0.25) is 0 Å². The minimum Gasteiger partial charge on any atom is -0.496 e. The second-order valence-electron chi connectivity index (χ2n) is 5.98.